The topological polar surface area (TPSA) is 142 Å². The van der Waals surface area contributed by atoms with Crippen molar-refractivity contribution in [3.63, 3.8) is 0 Å². The van der Waals surface area contributed by atoms with E-state index < -0.39 is 49.3 Å². The number of rotatable bonds is 4. The normalized spacial score (nSPS) is 39.9. The summed E-state index contributed by atoms with van der Waals surface area (Å²) in [6.45, 7) is 0.791. The summed E-state index contributed by atoms with van der Waals surface area (Å²) in [6, 6.07) is 0. The van der Waals surface area contributed by atoms with Gasteiger partial charge in [0.2, 0.25) is 5.91 Å². The summed E-state index contributed by atoms with van der Waals surface area (Å²) in [7, 11) is 0. The number of amides is 1. The third-order valence-corrected chi connectivity index (χ3v) is 2.59. The highest BCUT2D eigenvalue weighted by Gasteiger charge is 2.44. The van der Waals surface area contributed by atoms with Crippen LogP contribution >= 0.6 is 0 Å². The highest BCUT2D eigenvalue weighted by molar-refractivity contribution is 5.78. The van der Waals surface area contributed by atoms with Gasteiger partial charge in [-0.25, -0.2) is 0 Å². The number of aliphatic hydroxyl groups excluding tert-OH is 4. The van der Waals surface area contributed by atoms with Gasteiger partial charge in [0, 0.05) is 0 Å². The molecule has 0 bridgehead atoms. The van der Waals surface area contributed by atoms with E-state index in [1.165, 1.54) is 6.92 Å². The van der Waals surface area contributed by atoms with E-state index in [1.807, 2.05) is 0 Å². The van der Waals surface area contributed by atoms with Crippen LogP contribution in [0.3, 0.4) is 0 Å². The van der Waals surface area contributed by atoms with Crippen LogP contribution in [-0.4, -0.2) is 69.8 Å². The summed E-state index contributed by atoms with van der Waals surface area (Å²) >= 11 is 0. The molecule has 1 heterocycles. The smallest absolute Gasteiger partial charge is 0.246 e. The molecule has 0 saturated carbocycles. The van der Waals surface area contributed by atoms with Crippen molar-refractivity contribution in [2.24, 2.45) is 5.73 Å². The Bertz CT molecular complexity index is 272. The maximum absolute atomic E-state index is 10.8. The minimum absolute atomic E-state index is 0.560. The zero-order valence-corrected chi connectivity index (χ0v) is 9.26. The first-order chi connectivity index (χ1) is 7.88. The first-order valence-corrected chi connectivity index (χ1v) is 5.13. The van der Waals surface area contributed by atoms with E-state index in [0.717, 1.165) is 0 Å². The van der Waals surface area contributed by atoms with Crippen LogP contribution in [0.5, 0.6) is 0 Å². The minimum Gasteiger partial charge on any atom is -0.394 e. The van der Waals surface area contributed by atoms with E-state index in [9.17, 15) is 20.1 Å². The van der Waals surface area contributed by atoms with Gasteiger partial charge in [-0.05, 0) is 6.92 Å². The second-order valence-corrected chi connectivity index (χ2v) is 3.88. The van der Waals surface area contributed by atoms with E-state index in [4.69, 9.17) is 20.3 Å². The number of hydrogen-bond donors (Lipinski definition) is 5. The van der Waals surface area contributed by atoms with Crippen LogP contribution < -0.4 is 5.73 Å². The molecule has 1 saturated heterocycles. The first-order valence-electron chi connectivity index (χ1n) is 5.13. The van der Waals surface area contributed by atoms with Gasteiger partial charge in [0.1, 0.15) is 30.5 Å². The largest absolute Gasteiger partial charge is 0.394 e. The van der Waals surface area contributed by atoms with Crippen LogP contribution in [-0.2, 0) is 14.3 Å². The zero-order chi connectivity index (χ0) is 13.2. The molecule has 0 aliphatic carbocycles. The van der Waals surface area contributed by atoms with Gasteiger partial charge >= 0.3 is 0 Å². The zero-order valence-electron chi connectivity index (χ0n) is 9.26. The second-order valence-electron chi connectivity index (χ2n) is 3.88. The summed E-state index contributed by atoms with van der Waals surface area (Å²) in [6.07, 6.45) is -7.97. The van der Waals surface area contributed by atoms with Crippen LogP contribution in [0, 0.1) is 0 Å². The standard InChI is InChI=1S/C9H17NO7/c1-3(8(10)15)16-9-7(14)6(13)5(12)4(2-11)17-9/h3-7,9,11-14H,2H2,1H3,(H2,10,15)/t3?,4?,5-,6?,7?,9+/m1/s1. The van der Waals surface area contributed by atoms with Crippen LogP contribution in [0.15, 0.2) is 0 Å². The predicted molar refractivity (Wildman–Crippen MR) is 53.5 cm³/mol. The Morgan fingerprint density at radius 3 is 2.41 bits per heavy atom. The highest BCUT2D eigenvalue weighted by Crippen LogP contribution is 2.22. The molecule has 17 heavy (non-hydrogen) atoms. The Labute approximate surface area is 97.6 Å². The molecule has 1 rings (SSSR count). The van der Waals surface area contributed by atoms with Gasteiger partial charge in [-0.2, -0.15) is 0 Å². The molecule has 1 aliphatic rings. The molecule has 0 spiro atoms. The summed E-state index contributed by atoms with van der Waals surface area (Å²) in [5.41, 5.74) is 4.97. The summed E-state index contributed by atoms with van der Waals surface area (Å²) in [4.78, 5) is 10.8. The molecule has 0 aromatic carbocycles. The number of primary amides is 1. The average molecular weight is 251 g/mol. The van der Waals surface area contributed by atoms with Crippen LogP contribution in [0.4, 0.5) is 0 Å². The maximum atomic E-state index is 10.8. The number of carbonyl (C=O) groups is 1. The molecule has 1 amide bonds. The molecule has 6 atom stereocenters. The quantitative estimate of drug-likeness (QED) is 0.352. The fraction of sp³-hybridized carbons (Fsp3) is 0.889. The van der Waals surface area contributed by atoms with Crippen LogP contribution in [0.1, 0.15) is 6.92 Å². The molecule has 0 aromatic rings. The molecule has 0 aromatic heterocycles. The molecule has 8 heteroatoms. The van der Waals surface area contributed by atoms with E-state index in [1.54, 1.807) is 0 Å². The molecule has 0 radical (unpaired) electrons. The highest BCUT2D eigenvalue weighted by atomic mass is 16.7. The van der Waals surface area contributed by atoms with Crippen molar-refractivity contribution >= 4 is 5.91 Å². The molecule has 1 aliphatic heterocycles. The van der Waals surface area contributed by atoms with Crippen molar-refractivity contribution in [1.29, 1.82) is 0 Å². The molecule has 1 fully saturated rings. The molecule has 6 N–H and O–H groups in total. The fourth-order valence-corrected chi connectivity index (χ4v) is 1.45. The lowest BCUT2D eigenvalue weighted by molar-refractivity contribution is -0.307. The summed E-state index contributed by atoms with van der Waals surface area (Å²) in [5, 5.41) is 37.4. The average Bonchev–Trinajstić information content (AvgIpc) is 2.29. The van der Waals surface area contributed by atoms with Gasteiger partial charge in [-0.1, -0.05) is 0 Å². The Balaban J connectivity index is 2.68. The Morgan fingerprint density at radius 1 is 1.35 bits per heavy atom. The SMILES string of the molecule is CC(O[C@H]1OC(CO)[C@@H](O)C(O)C1O)C(N)=O. The van der Waals surface area contributed by atoms with Crippen molar-refractivity contribution in [3.05, 3.63) is 0 Å². The van der Waals surface area contributed by atoms with E-state index in [0.29, 0.717) is 0 Å². The van der Waals surface area contributed by atoms with Gasteiger partial charge < -0.3 is 35.6 Å². The van der Waals surface area contributed by atoms with Crippen molar-refractivity contribution in [2.75, 3.05) is 6.61 Å². The predicted octanol–water partition coefficient (Wildman–Crippen LogP) is -3.32. The third kappa shape index (κ3) is 3.12. The fourth-order valence-electron chi connectivity index (χ4n) is 1.45. The molecule has 100 valence electrons. The van der Waals surface area contributed by atoms with Crippen molar-refractivity contribution in [1.82, 2.24) is 0 Å². The lowest BCUT2D eigenvalue weighted by atomic mass is 9.99. The lowest BCUT2D eigenvalue weighted by Gasteiger charge is -2.40. The van der Waals surface area contributed by atoms with Crippen LogP contribution in [0.2, 0.25) is 0 Å². The van der Waals surface area contributed by atoms with Gasteiger partial charge in [0.05, 0.1) is 6.61 Å². The summed E-state index contributed by atoms with van der Waals surface area (Å²) < 4.78 is 10.00. The van der Waals surface area contributed by atoms with Gasteiger partial charge in [-0.3, -0.25) is 4.79 Å². The van der Waals surface area contributed by atoms with Gasteiger partial charge in [0.25, 0.3) is 0 Å². The second kappa shape index (κ2) is 5.71. The number of carbonyl (C=O) groups excluding carboxylic acids is 1. The Hall–Kier alpha value is -0.770. The van der Waals surface area contributed by atoms with Crippen molar-refractivity contribution in [3.8, 4) is 0 Å². The Morgan fingerprint density at radius 2 is 1.94 bits per heavy atom. The van der Waals surface area contributed by atoms with Crippen molar-refractivity contribution in [2.45, 2.75) is 43.7 Å². The number of nitrogens with two attached hydrogens (primary N) is 1. The first kappa shape index (κ1) is 14.3. The maximum Gasteiger partial charge on any atom is 0.246 e. The van der Waals surface area contributed by atoms with E-state index in [-0.39, 0.29) is 0 Å². The lowest BCUT2D eigenvalue weighted by Crippen LogP contribution is -2.60. The third-order valence-electron chi connectivity index (χ3n) is 2.59. The number of aliphatic hydroxyl groups is 4. The Kier molecular flexibility index (Phi) is 4.80. The number of ether oxygens (including phenoxy) is 2. The van der Waals surface area contributed by atoms with Gasteiger partial charge in [0.15, 0.2) is 6.29 Å². The van der Waals surface area contributed by atoms with Gasteiger partial charge in [-0.15, -0.1) is 0 Å². The summed E-state index contributed by atoms with van der Waals surface area (Å²) in [5.74, 6) is -0.762. The molecular weight excluding hydrogens is 234 g/mol. The van der Waals surface area contributed by atoms with E-state index >= 15 is 0 Å². The monoisotopic (exact) mass is 251 g/mol. The van der Waals surface area contributed by atoms with Crippen LogP contribution in [0.25, 0.3) is 0 Å². The van der Waals surface area contributed by atoms with E-state index in [2.05, 4.69) is 0 Å². The molecular formula is C9H17NO7. The number of hydrogen-bond acceptors (Lipinski definition) is 7. The van der Waals surface area contributed by atoms with Crippen molar-refractivity contribution < 1.29 is 34.7 Å². The molecule has 8 nitrogen and oxygen atoms in total. The minimum atomic E-state index is -1.54. The molecule has 4 unspecified atom stereocenters.